The Morgan fingerprint density at radius 3 is 2.14 bits per heavy atom. The fourth-order valence-electron chi connectivity index (χ4n) is 2.10. The first kappa shape index (κ1) is 17.5. The molecule has 1 aromatic carbocycles. The predicted octanol–water partition coefficient (Wildman–Crippen LogP) is 3.26. The van der Waals surface area contributed by atoms with Crippen LogP contribution in [0.15, 0.2) is 24.3 Å². The lowest BCUT2D eigenvalue weighted by Gasteiger charge is -2.41. The maximum atomic E-state index is 12.9. The quantitative estimate of drug-likeness (QED) is 0.869. The summed E-state index contributed by atoms with van der Waals surface area (Å²) in [7, 11) is 1.23. The van der Waals surface area contributed by atoms with E-state index in [1.54, 1.807) is 26.8 Å². The summed E-state index contributed by atoms with van der Waals surface area (Å²) in [6.45, 7) is 5.02. The van der Waals surface area contributed by atoms with Gasteiger partial charge in [0.05, 0.1) is 19.1 Å². The fourth-order valence-corrected chi connectivity index (χ4v) is 2.10. The maximum absolute atomic E-state index is 12.9. The van der Waals surface area contributed by atoms with Crippen LogP contribution in [0.1, 0.15) is 38.3 Å². The summed E-state index contributed by atoms with van der Waals surface area (Å²) >= 11 is 0. The molecule has 0 aliphatic carbocycles. The van der Waals surface area contributed by atoms with E-state index in [1.807, 2.05) is 0 Å². The third kappa shape index (κ3) is 3.75. The van der Waals surface area contributed by atoms with Crippen molar-refractivity contribution in [2.75, 3.05) is 7.11 Å². The van der Waals surface area contributed by atoms with E-state index in [0.717, 1.165) is 12.1 Å². The van der Waals surface area contributed by atoms with Gasteiger partial charge < -0.3 is 10.5 Å². The highest BCUT2D eigenvalue weighted by molar-refractivity contribution is 5.71. The van der Waals surface area contributed by atoms with E-state index in [2.05, 4.69) is 4.74 Å². The summed E-state index contributed by atoms with van der Waals surface area (Å²) in [5, 5.41) is 0. The zero-order valence-electron chi connectivity index (χ0n) is 12.5. The van der Waals surface area contributed by atoms with Crippen molar-refractivity contribution in [2.45, 2.75) is 44.3 Å². The second-order valence-electron chi connectivity index (χ2n) is 5.89. The molecule has 3 nitrogen and oxygen atoms in total. The SMILES string of the molecule is COC(=O)CC(C)(c1cccc(C(F)(F)F)c1)C(C)(C)N. The van der Waals surface area contributed by atoms with Gasteiger partial charge in [0.2, 0.25) is 0 Å². The lowest BCUT2D eigenvalue weighted by atomic mass is 9.66. The number of alkyl halides is 3. The topological polar surface area (TPSA) is 52.3 Å². The minimum atomic E-state index is -4.44. The van der Waals surface area contributed by atoms with E-state index in [0.29, 0.717) is 5.56 Å². The van der Waals surface area contributed by atoms with Crippen molar-refractivity contribution in [1.82, 2.24) is 0 Å². The number of benzene rings is 1. The summed E-state index contributed by atoms with van der Waals surface area (Å²) < 4.78 is 43.2. The van der Waals surface area contributed by atoms with Crippen LogP contribution in [0.4, 0.5) is 13.2 Å². The third-order valence-electron chi connectivity index (χ3n) is 3.97. The lowest BCUT2D eigenvalue weighted by Crippen LogP contribution is -2.53. The first-order valence-corrected chi connectivity index (χ1v) is 6.45. The van der Waals surface area contributed by atoms with E-state index >= 15 is 0 Å². The summed E-state index contributed by atoms with van der Waals surface area (Å²) in [4.78, 5) is 11.6. The molecule has 0 saturated heterocycles. The number of hydrogen-bond acceptors (Lipinski definition) is 3. The molecule has 0 amide bonds. The van der Waals surface area contributed by atoms with Crippen molar-refractivity contribution in [3.05, 3.63) is 35.4 Å². The summed E-state index contributed by atoms with van der Waals surface area (Å²) in [6.07, 6.45) is -4.55. The summed E-state index contributed by atoms with van der Waals surface area (Å²) in [6, 6.07) is 4.90. The highest BCUT2D eigenvalue weighted by Crippen LogP contribution is 2.39. The van der Waals surface area contributed by atoms with Gasteiger partial charge in [0.1, 0.15) is 0 Å². The van der Waals surface area contributed by atoms with Crippen LogP contribution in [0.5, 0.6) is 0 Å². The van der Waals surface area contributed by atoms with Gasteiger partial charge in [0.15, 0.2) is 0 Å². The first-order valence-electron chi connectivity index (χ1n) is 6.45. The Kier molecular flexibility index (Phi) is 4.73. The van der Waals surface area contributed by atoms with Gasteiger partial charge in [-0.1, -0.05) is 25.1 Å². The molecule has 6 heteroatoms. The average Bonchev–Trinajstić information content (AvgIpc) is 2.36. The van der Waals surface area contributed by atoms with Crippen molar-refractivity contribution in [3.63, 3.8) is 0 Å². The Labute approximate surface area is 122 Å². The van der Waals surface area contributed by atoms with E-state index < -0.39 is 28.7 Å². The van der Waals surface area contributed by atoms with Crippen molar-refractivity contribution in [2.24, 2.45) is 5.73 Å². The standard InChI is InChI=1S/C15H20F3NO2/c1-13(2,19)14(3,9-12(20)21-4)10-6-5-7-11(8-10)15(16,17)18/h5-8H,9,19H2,1-4H3. The normalized spacial score (nSPS) is 15.4. The van der Waals surface area contributed by atoms with Gasteiger partial charge >= 0.3 is 12.1 Å². The Hall–Kier alpha value is -1.56. The molecule has 1 rings (SSSR count). The largest absolute Gasteiger partial charge is 0.469 e. The monoisotopic (exact) mass is 303 g/mol. The average molecular weight is 303 g/mol. The van der Waals surface area contributed by atoms with E-state index in [4.69, 9.17) is 5.73 Å². The van der Waals surface area contributed by atoms with Crippen molar-refractivity contribution < 1.29 is 22.7 Å². The third-order valence-corrected chi connectivity index (χ3v) is 3.97. The van der Waals surface area contributed by atoms with Gasteiger partial charge in [0.25, 0.3) is 0 Å². The number of rotatable bonds is 4. The van der Waals surface area contributed by atoms with Gasteiger partial charge in [-0.2, -0.15) is 13.2 Å². The van der Waals surface area contributed by atoms with E-state index in [1.165, 1.54) is 13.2 Å². The minimum absolute atomic E-state index is 0.103. The van der Waals surface area contributed by atoms with E-state index in [9.17, 15) is 18.0 Å². The van der Waals surface area contributed by atoms with Crippen LogP contribution in [0.3, 0.4) is 0 Å². The van der Waals surface area contributed by atoms with Gasteiger partial charge in [-0.15, -0.1) is 0 Å². The Balaban J connectivity index is 3.37. The number of halogens is 3. The van der Waals surface area contributed by atoms with Crippen molar-refractivity contribution in [3.8, 4) is 0 Å². The first-order chi connectivity index (χ1) is 9.41. The van der Waals surface area contributed by atoms with Gasteiger partial charge in [-0.25, -0.2) is 0 Å². The fraction of sp³-hybridized carbons (Fsp3) is 0.533. The number of carbonyl (C=O) groups excluding carboxylic acids is 1. The molecule has 118 valence electrons. The highest BCUT2D eigenvalue weighted by atomic mass is 19.4. The molecule has 0 heterocycles. The molecule has 0 aliphatic rings. The molecule has 0 aromatic heterocycles. The molecule has 21 heavy (non-hydrogen) atoms. The Morgan fingerprint density at radius 2 is 1.71 bits per heavy atom. The zero-order valence-corrected chi connectivity index (χ0v) is 12.5. The maximum Gasteiger partial charge on any atom is 0.416 e. The number of hydrogen-bond donors (Lipinski definition) is 1. The predicted molar refractivity (Wildman–Crippen MR) is 73.7 cm³/mol. The molecular formula is C15H20F3NO2. The van der Waals surface area contributed by atoms with Gasteiger partial charge in [-0.05, 0) is 25.5 Å². The van der Waals surface area contributed by atoms with Gasteiger partial charge in [-0.3, -0.25) is 4.79 Å². The molecule has 0 saturated carbocycles. The second-order valence-corrected chi connectivity index (χ2v) is 5.89. The molecule has 0 fully saturated rings. The molecule has 1 atom stereocenters. The Bertz CT molecular complexity index is 520. The van der Waals surface area contributed by atoms with Crippen LogP contribution < -0.4 is 5.73 Å². The molecule has 2 N–H and O–H groups in total. The number of carbonyl (C=O) groups is 1. The molecule has 0 spiro atoms. The molecule has 0 radical (unpaired) electrons. The number of nitrogens with two attached hydrogens (primary N) is 1. The molecule has 1 unspecified atom stereocenters. The summed E-state index contributed by atoms with van der Waals surface area (Å²) in [5.41, 5.74) is 3.82. The zero-order chi connectivity index (χ0) is 16.5. The van der Waals surface area contributed by atoms with Crippen LogP contribution in [0, 0.1) is 0 Å². The Morgan fingerprint density at radius 1 is 1.19 bits per heavy atom. The molecule has 0 bridgehead atoms. The molecule has 1 aromatic rings. The van der Waals surface area contributed by atoms with Crippen LogP contribution in [-0.2, 0) is 21.1 Å². The van der Waals surface area contributed by atoms with Crippen LogP contribution >= 0.6 is 0 Å². The van der Waals surface area contributed by atoms with Crippen LogP contribution in [-0.4, -0.2) is 18.6 Å². The second kappa shape index (κ2) is 5.67. The van der Waals surface area contributed by atoms with Crippen LogP contribution in [0.25, 0.3) is 0 Å². The lowest BCUT2D eigenvalue weighted by molar-refractivity contribution is -0.142. The number of ether oxygens (including phenoxy) is 1. The highest BCUT2D eigenvalue weighted by Gasteiger charge is 2.43. The molecule has 0 aliphatic heterocycles. The number of esters is 1. The van der Waals surface area contributed by atoms with E-state index in [-0.39, 0.29) is 6.42 Å². The van der Waals surface area contributed by atoms with Gasteiger partial charge in [0, 0.05) is 11.0 Å². The smallest absolute Gasteiger partial charge is 0.416 e. The van der Waals surface area contributed by atoms with Crippen LogP contribution in [0.2, 0.25) is 0 Å². The number of methoxy groups -OCH3 is 1. The summed E-state index contributed by atoms with van der Waals surface area (Å²) in [5.74, 6) is -0.520. The van der Waals surface area contributed by atoms with Crippen molar-refractivity contribution in [1.29, 1.82) is 0 Å². The van der Waals surface area contributed by atoms with Crippen molar-refractivity contribution >= 4 is 5.97 Å². The minimum Gasteiger partial charge on any atom is -0.469 e. The molecular weight excluding hydrogens is 283 g/mol.